The van der Waals surface area contributed by atoms with Crippen molar-refractivity contribution in [2.75, 3.05) is 26.0 Å². The third-order valence-corrected chi connectivity index (χ3v) is 3.68. The van der Waals surface area contributed by atoms with Gasteiger partial charge in [-0.15, -0.1) is 0 Å². The number of morpholine rings is 1. The molecule has 2 N–H and O–H groups in total. The molecular weight excluding hydrogens is 256 g/mol. The number of nitrogens with two attached hydrogens (primary N) is 1. The molecule has 5 heteroatoms. The summed E-state index contributed by atoms with van der Waals surface area (Å²) in [5.41, 5.74) is 6.92. The fourth-order valence-corrected chi connectivity index (χ4v) is 2.44. The van der Waals surface area contributed by atoms with E-state index in [1.54, 1.807) is 25.3 Å². The summed E-state index contributed by atoms with van der Waals surface area (Å²) >= 11 is 0. The molecule has 2 atom stereocenters. The van der Waals surface area contributed by atoms with Crippen LogP contribution in [0.2, 0.25) is 0 Å². The number of rotatable bonds is 3. The van der Waals surface area contributed by atoms with Crippen molar-refractivity contribution in [3.63, 3.8) is 0 Å². The van der Waals surface area contributed by atoms with Gasteiger partial charge in [-0.3, -0.25) is 4.79 Å². The minimum Gasteiger partial charge on any atom is -0.495 e. The van der Waals surface area contributed by atoms with E-state index in [4.69, 9.17) is 15.2 Å². The molecule has 2 rings (SSSR count). The lowest BCUT2D eigenvalue weighted by atomic mass is 10.1. The maximum absolute atomic E-state index is 12.7. The minimum absolute atomic E-state index is 0.00491. The Bertz CT molecular complexity index is 490. The Kier molecular flexibility index (Phi) is 4.49. The van der Waals surface area contributed by atoms with E-state index in [2.05, 4.69) is 6.92 Å². The first-order chi connectivity index (χ1) is 9.56. The third kappa shape index (κ3) is 2.88. The molecule has 1 aromatic carbocycles. The predicted octanol–water partition coefficient (Wildman–Crippen LogP) is 1.92. The summed E-state index contributed by atoms with van der Waals surface area (Å²) in [6.07, 6.45) is 0.947. The quantitative estimate of drug-likeness (QED) is 0.858. The topological polar surface area (TPSA) is 64.8 Å². The van der Waals surface area contributed by atoms with Crippen LogP contribution in [0.4, 0.5) is 5.69 Å². The monoisotopic (exact) mass is 278 g/mol. The number of carbonyl (C=O) groups is 1. The average Bonchev–Trinajstić information content (AvgIpc) is 2.47. The summed E-state index contributed by atoms with van der Waals surface area (Å²) < 4.78 is 10.8. The number of methoxy groups -OCH3 is 1. The summed E-state index contributed by atoms with van der Waals surface area (Å²) in [7, 11) is 1.55. The second-order valence-electron chi connectivity index (χ2n) is 5.12. The summed E-state index contributed by atoms with van der Waals surface area (Å²) in [4.78, 5) is 14.6. The molecule has 0 bridgehead atoms. The van der Waals surface area contributed by atoms with Crippen LogP contribution in [0, 0.1) is 0 Å². The van der Waals surface area contributed by atoms with Crippen molar-refractivity contribution in [1.29, 1.82) is 0 Å². The summed E-state index contributed by atoms with van der Waals surface area (Å²) in [5.74, 6) is 0.538. The first-order valence-electron chi connectivity index (χ1n) is 6.92. The first kappa shape index (κ1) is 14.7. The fraction of sp³-hybridized carbons (Fsp3) is 0.533. The number of amides is 1. The molecule has 0 saturated carbocycles. The van der Waals surface area contributed by atoms with Gasteiger partial charge in [-0.2, -0.15) is 0 Å². The highest BCUT2D eigenvalue weighted by Gasteiger charge is 2.30. The average molecular weight is 278 g/mol. The lowest BCUT2D eigenvalue weighted by molar-refractivity contribution is -0.0444. The van der Waals surface area contributed by atoms with Crippen LogP contribution in [0.15, 0.2) is 18.2 Å². The second kappa shape index (κ2) is 6.13. The Morgan fingerprint density at radius 1 is 1.55 bits per heavy atom. The van der Waals surface area contributed by atoms with Crippen molar-refractivity contribution < 1.29 is 14.3 Å². The molecule has 1 amide bonds. The number of nitrogen functional groups attached to an aromatic ring is 1. The van der Waals surface area contributed by atoms with E-state index < -0.39 is 0 Å². The van der Waals surface area contributed by atoms with Gasteiger partial charge in [-0.1, -0.05) is 6.92 Å². The molecule has 1 aromatic rings. The Hall–Kier alpha value is -1.75. The van der Waals surface area contributed by atoms with E-state index >= 15 is 0 Å². The van der Waals surface area contributed by atoms with Crippen LogP contribution in [0.5, 0.6) is 5.75 Å². The van der Waals surface area contributed by atoms with Crippen LogP contribution in [0.1, 0.15) is 30.6 Å². The van der Waals surface area contributed by atoms with Gasteiger partial charge in [0.05, 0.1) is 31.5 Å². The van der Waals surface area contributed by atoms with Gasteiger partial charge in [-0.25, -0.2) is 0 Å². The van der Waals surface area contributed by atoms with Gasteiger partial charge in [0.25, 0.3) is 5.91 Å². The summed E-state index contributed by atoms with van der Waals surface area (Å²) in [6.45, 7) is 5.25. The second-order valence-corrected chi connectivity index (χ2v) is 5.12. The molecule has 110 valence electrons. The summed E-state index contributed by atoms with van der Waals surface area (Å²) in [5, 5.41) is 0. The molecular formula is C15H22N2O3. The molecule has 0 spiro atoms. The Labute approximate surface area is 119 Å². The minimum atomic E-state index is 0.00491. The molecule has 1 saturated heterocycles. The molecule has 0 aliphatic carbocycles. The first-order valence-corrected chi connectivity index (χ1v) is 6.92. The molecule has 5 nitrogen and oxygen atoms in total. The number of benzene rings is 1. The highest BCUT2D eigenvalue weighted by Crippen LogP contribution is 2.24. The van der Waals surface area contributed by atoms with E-state index in [-0.39, 0.29) is 18.1 Å². The molecule has 1 aliphatic heterocycles. The van der Waals surface area contributed by atoms with Gasteiger partial charge >= 0.3 is 0 Å². The molecule has 2 unspecified atom stereocenters. The maximum atomic E-state index is 12.7. The number of hydrogen-bond donors (Lipinski definition) is 1. The van der Waals surface area contributed by atoms with Crippen LogP contribution < -0.4 is 10.5 Å². The van der Waals surface area contributed by atoms with Crippen LogP contribution in [0.3, 0.4) is 0 Å². The number of nitrogens with zero attached hydrogens (tertiary/aromatic N) is 1. The van der Waals surface area contributed by atoms with Gasteiger partial charge in [0.2, 0.25) is 0 Å². The summed E-state index contributed by atoms with van der Waals surface area (Å²) in [6, 6.07) is 5.27. The Balaban J connectivity index is 2.24. The predicted molar refractivity (Wildman–Crippen MR) is 77.9 cm³/mol. The van der Waals surface area contributed by atoms with E-state index in [9.17, 15) is 4.79 Å². The maximum Gasteiger partial charge on any atom is 0.254 e. The molecule has 0 aromatic heterocycles. The SMILES string of the molecule is CCC1COC(C)CN1C(=O)c1ccc(N)c(OC)c1. The third-order valence-electron chi connectivity index (χ3n) is 3.68. The zero-order valence-electron chi connectivity index (χ0n) is 12.3. The number of anilines is 1. The Morgan fingerprint density at radius 2 is 2.30 bits per heavy atom. The fourth-order valence-electron chi connectivity index (χ4n) is 2.44. The van der Waals surface area contributed by atoms with E-state index in [0.29, 0.717) is 30.2 Å². The van der Waals surface area contributed by atoms with Crippen molar-refractivity contribution in [3.05, 3.63) is 23.8 Å². The van der Waals surface area contributed by atoms with Gasteiger partial charge in [0.1, 0.15) is 5.75 Å². The van der Waals surface area contributed by atoms with E-state index in [0.717, 1.165) is 6.42 Å². The van der Waals surface area contributed by atoms with Crippen LogP contribution in [-0.2, 0) is 4.74 Å². The normalized spacial score (nSPS) is 22.6. The zero-order chi connectivity index (χ0) is 14.7. The largest absolute Gasteiger partial charge is 0.495 e. The van der Waals surface area contributed by atoms with Crippen molar-refractivity contribution in [2.24, 2.45) is 0 Å². The van der Waals surface area contributed by atoms with Crippen LogP contribution in [0.25, 0.3) is 0 Å². The molecule has 20 heavy (non-hydrogen) atoms. The van der Waals surface area contributed by atoms with Crippen LogP contribution in [-0.4, -0.2) is 43.2 Å². The molecule has 1 fully saturated rings. The highest BCUT2D eigenvalue weighted by molar-refractivity contribution is 5.95. The van der Waals surface area contributed by atoms with Crippen molar-refractivity contribution in [1.82, 2.24) is 4.90 Å². The smallest absolute Gasteiger partial charge is 0.254 e. The van der Waals surface area contributed by atoms with Gasteiger partial charge in [0, 0.05) is 12.1 Å². The Morgan fingerprint density at radius 3 is 2.95 bits per heavy atom. The van der Waals surface area contributed by atoms with Gasteiger partial charge < -0.3 is 20.1 Å². The van der Waals surface area contributed by atoms with E-state index in [1.165, 1.54) is 0 Å². The molecule has 1 aliphatic rings. The van der Waals surface area contributed by atoms with E-state index in [1.807, 2.05) is 11.8 Å². The van der Waals surface area contributed by atoms with Crippen molar-refractivity contribution in [3.8, 4) is 5.75 Å². The van der Waals surface area contributed by atoms with Crippen molar-refractivity contribution in [2.45, 2.75) is 32.4 Å². The molecule has 0 radical (unpaired) electrons. The number of ether oxygens (including phenoxy) is 2. The number of carbonyl (C=O) groups excluding carboxylic acids is 1. The highest BCUT2D eigenvalue weighted by atomic mass is 16.5. The zero-order valence-corrected chi connectivity index (χ0v) is 12.3. The molecule has 1 heterocycles. The lowest BCUT2D eigenvalue weighted by Gasteiger charge is -2.38. The standard InChI is InChI=1S/C15H22N2O3/c1-4-12-9-20-10(2)8-17(12)15(18)11-5-6-13(16)14(7-11)19-3/h5-7,10,12H,4,8-9,16H2,1-3H3. The van der Waals surface area contributed by atoms with Gasteiger partial charge in [-0.05, 0) is 31.5 Å². The van der Waals surface area contributed by atoms with Crippen LogP contribution >= 0.6 is 0 Å². The van der Waals surface area contributed by atoms with Gasteiger partial charge in [0.15, 0.2) is 0 Å². The lowest BCUT2D eigenvalue weighted by Crippen LogP contribution is -2.51. The number of hydrogen-bond acceptors (Lipinski definition) is 4. The van der Waals surface area contributed by atoms with Crippen molar-refractivity contribution >= 4 is 11.6 Å².